The van der Waals surface area contributed by atoms with E-state index in [0.29, 0.717) is 0 Å². The Morgan fingerprint density at radius 3 is 2.65 bits per heavy atom. The number of hydrogen-bond donors (Lipinski definition) is 3. The molecule has 0 bridgehead atoms. The minimum atomic E-state index is -1.09. The van der Waals surface area contributed by atoms with Gasteiger partial charge in [-0.2, -0.15) is 0 Å². The number of rotatable bonds is 6. The molecule has 0 aliphatic rings. The summed E-state index contributed by atoms with van der Waals surface area (Å²) in [7, 11) is 0. The molecule has 92 valence electrons. The van der Waals surface area contributed by atoms with E-state index in [-0.39, 0.29) is 6.42 Å². The van der Waals surface area contributed by atoms with Gasteiger partial charge in [0.25, 0.3) is 0 Å². The van der Waals surface area contributed by atoms with Crippen LogP contribution in [-0.2, 0) is 16.0 Å². The summed E-state index contributed by atoms with van der Waals surface area (Å²) in [5.74, 6) is -1.60. The number of amides is 1. The molecule has 1 aromatic carbocycles. The Labute approximate surface area is 101 Å². The molecule has 4 N–H and O–H groups in total. The molecule has 0 aliphatic carbocycles. The van der Waals surface area contributed by atoms with Crippen molar-refractivity contribution < 1.29 is 16.1 Å². The first-order valence-corrected chi connectivity index (χ1v) is 5.29. The van der Waals surface area contributed by atoms with E-state index in [2.05, 4.69) is 5.32 Å². The van der Waals surface area contributed by atoms with Crippen molar-refractivity contribution in [3.05, 3.63) is 35.9 Å². The largest absolute Gasteiger partial charge is 0.480 e. The number of carbonyl (C=O) groups excluding carboxylic acids is 1. The Hall–Kier alpha value is -1.88. The van der Waals surface area contributed by atoms with E-state index < -0.39 is 24.0 Å². The molecule has 0 saturated carbocycles. The predicted molar refractivity (Wildman–Crippen MR) is 63.4 cm³/mol. The van der Waals surface area contributed by atoms with Crippen LogP contribution in [0.5, 0.6) is 0 Å². The first-order chi connectivity index (χ1) is 8.54. The monoisotopic (exact) mass is 237 g/mol. The quantitative estimate of drug-likeness (QED) is 0.656. The van der Waals surface area contributed by atoms with E-state index in [0.717, 1.165) is 5.56 Å². The summed E-state index contributed by atoms with van der Waals surface area (Å²) in [4.78, 5) is 22.6. The number of benzene rings is 1. The summed E-state index contributed by atoms with van der Waals surface area (Å²) in [6.07, 6.45) is 0.215. The highest BCUT2D eigenvalue weighted by Crippen LogP contribution is 2.03. The molecule has 0 aliphatic heterocycles. The standard InChI is InChI=1S/C12H16N2O3/c1-8(13)11(15)14-10(12(16)17)7-9-5-3-2-4-6-9/h2-6,8,10H,7,13H2,1H3,(H,14,15)(H,16,17)/t8-,10-/m0/s1/i/hD. The van der Waals surface area contributed by atoms with Crippen molar-refractivity contribution in [1.82, 2.24) is 5.32 Å². The zero-order valence-corrected chi connectivity index (χ0v) is 9.51. The van der Waals surface area contributed by atoms with Crippen LogP contribution in [0.4, 0.5) is 0 Å². The second kappa shape index (κ2) is 6.00. The van der Waals surface area contributed by atoms with Crippen LogP contribution in [0.2, 0.25) is 1.41 Å². The van der Waals surface area contributed by atoms with Crippen LogP contribution in [0.1, 0.15) is 12.5 Å². The molecule has 1 amide bonds. The molecule has 0 heterocycles. The van der Waals surface area contributed by atoms with Gasteiger partial charge in [-0.1, -0.05) is 30.3 Å². The Balaban J connectivity index is 2.67. The van der Waals surface area contributed by atoms with Crippen molar-refractivity contribution >= 4 is 11.9 Å². The van der Waals surface area contributed by atoms with E-state index in [9.17, 15) is 9.59 Å². The average molecular weight is 237 g/mol. The van der Waals surface area contributed by atoms with Gasteiger partial charge in [-0.3, -0.25) is 4.79 Å². The third kappa shape index (κ3) is 4.24. The minimum absolute atomic E-state index is 0.215. The van der Waals surface area contributed by atoms with E-state index >= 15 is 0 Å². The van der Waals surface area contributed by atoms with Gasteiger partial charge < -0.3 is 16.2 Å². The highest BCUT2D eigenvalue weighted by Gasteiger charge is 2.21. The van der Waals surface area contributed by atoms with Crippen molar-refractivity contribution in [2.75, 3.05) is 0 Å². The molecule has 0 radical (unpaired) electrons. The van der Waals surface area contributed by atoms with Crippen LogP contribution in [0.25, 0.3) is 0 Å². The lowest BCUT2D eigenvalue weighted by Gasteiger charge is -2.16. The molecular formula is C12H16N2O3. The molecule has 1 aromatic rings. The fourth-order valence-electron chi connectivity index (χ4n) is 1.35. The molecule has 1 rings (SSSR count). The second-order valence-corrected chi connectivity index (χ2v) is 3.81. The minimum Gasteiger partial charge on any atom is -0.480 e. The first kappa shape index (κ1) is 11.6. The van der Waals surface area contributed by atoms with Crippen molar-refractivity contribution in [2.45, 2.75) is 25.4 Å². The molecule has 5 heteroatoms. The molecule has 0 fully saturated rings. The third-order valence-electron chi connectivity index (χ3n) is 2.29. The van der Waals surface area contributed by atoms with Crippen LogP contribution < -0.4 is 11.0 Å². The maximum absolute atomic E-state index is 11.5. The van der Waals surface area contributed by atoms with Crippen LogP contribution in [0.3, 0.4) is 0 Å². The van der Waals surface area contributed by atoms with Crippen LogP contribution in [0.15, 0.2) is 30.3 Å². The van der Waals surface area contributed by atoms with Crippen molar-refractivity contribution in [1.29, 1.82) is 0 Å². The van der Waals surface area contributed by atoms with Crippen molar-refractivity contribution in [2.24, 2.45) is 5.73 Å². The summed E-state index contributed by atoms with van der Waals surface area (Å²) in [6, 6.07) is 7.32. The Kier molecular flexibility index (Phi) is 4.10. The van der Waals surface area contributed by atoms with Gasteiger partial charge in [-0.25, -0.2) is 4.79 Å². The number of carboxylic acid groups (broad SMARTS) is 1. The number of carbonyl (C=O) groups is 2. The van der Waals surface area contributed by atoms with Gasteiger partial charge in [0.05, 0.1) is 6.04 Å². The van der Waals surface area contributed by atoms with Crippen LogP contribution in [0, 0.1) is 0 Å². The molecule has 0 spiro atoms. The summed E-state index contributed by atoms with van der Waals surface area (Å²) < 4.78 is 6.85. The highest BCUT2D eigenvalue weighted by molar-refractivity contribution is 5.86. The Morgan fingerprint density at radius 1 is 1.47 bits per heavy atom. The van der Waals surface area contributed by atoms with Gasteiger partial charge >= 0.3 is 5.97 Å². The van der Waals surface area contributed by atoms with Gasteiger partial charge in [-0.15, -0.1) is 0 Å². The predicted octanol–water partition coefficient (Wildman–Crippen LogP) is 0.146. The summed E-state index contributed by atoms with van der Waals surface area (Å²) in [5.41, 5.74) is 2.85. The molecule has 17 heavy (non-hydrogen) atoms. The molecule has 0 unspecified atom stereocenters. The number of nitrogens with one attached hydrogen (secondary N) is 1. The maximum Gasteiger partial charge on any atom is 0.326 e. The van der Waals surface area contributed by atoms with Gasteiger partial charge in [0.1, 0.15) is 7.45 Å². The first-order valence-electron chi connectivity index (χ1n) is 5.79. The van der Waals surface area contributed by atoms with Crippen LogP contribution >= 0.6 is 0 Å². The molecule has 5 nitrogen and oxygen atoms in total. The molecular weight excluding hydrogens is 220 g/mol. The van der Waals surface area contributed by atoms with Crippen LogP contribution in [-0.4, -0.2) is 29.1 Å². The topological polar surface area (TPSA) is 92.4 Å². The zero-order chi connectivity index (χ0) is 13.5. The second-order valence-electron chi connectivity index (χ2n) is 3.81. The fraction of sp³-hybridized carbons (Fsp3) is 0.333. The molecule has 0 saturated heterocycles. The highest BCUT2D eigenvalue weighted by atomic mass is 16.4. The van der Waals surface area contributed by atoms with Crippen molar-refractivity contribution in [3.8, 4) is 0 Å². The zero-order valence-electron chi connectivity index (χ0n) is 10.5. The average Bonchev–Trinajstić information content (AvgIpc) is 2.37. The Morgan fingerprint density at radius 2 is 2.12 bits per heavy atom. The van der Waals surface area contributed by atoms with Gasteiger partial charge in [-0.05, 0) is 12.5 Å². The lowest BCUT2D eigenvalue weighted by atomic mass is 10.1. The summed E-state index contributed by atoms with van der Waals surface area (Å²) in [5, 5.41) is 11.5. The lowest BCUT2D eigenvalue weighted by Crippen LogP contribution is -2.48. The third-order valence-corrected chi connectivity index (χ3v) is 2.29. The maximum atomic E-state index is 11.5. The van der Waals surface area contributed by atoms with Gasteiger partial charge in [0.15, 0.2) is 0 Å². The number of carboxylic acids is 1. The van der Waals surface area contributed by atoms with E-state index in [4.69, 9.17) is 6.52 Å². The number of aliphatic carboxylic acids is 1. The summed E-state index contributed by atoms with van der Waals surface area (Å²) in [6.45, 7) is 1.49. The molecule has 0 aromatic heterocycles. The summed E-state index contributed by atoms with van der Waals surface area (Å²) >= 11 is 0. The number of hydrogen-bond acceptors (Lipinski definition) is 3. The molecule has 2 atom stereocenters. The smallest absolute Gasteiger partial charge is 0.326 e. The van der Waals surface area contributed by atoms with Gasteiger partial charge in [0, 0.05) is 6.42 Å². The van der Waals surface area contributed by atoms with Crippen molar-refractivity contribution in [3.63, 3.8) is 0 Å². The number of nitrogens with two attached hydrogens (primary N) is 1. The lowest BCUT2D eigenvalue weighted by molar-refractivity contribution is -0.141. The van der Waals surface area contributed by atoms with E-state index in [1.54, 1.807) is 12.1 Å². The van der Waals surface area contributed by atoms with E-state index in [1.807, 2.05) is 23.9 Å². The SMILES string of the molecule is [2H]N[C@@H](C)C(=O)N[C@@H](Cc1ccccc1)C(=O)O. The fourth-order valence-corrected chi connectivity index (χ4v) is 1.35. The normalized spacial score (nSPS) is 14.5. The van der Waals surface area contributed by atoms with Gasteiger partial charge in [0.2, 0.25) is 5.91 Å². The van der Waals surface area contributed by atoms with E-state index in [1.165, 1.54) is 6.92 Å². The Bertz CT molecular complexity index is 411.